The second kappa shape index (κ2) is 11.3. The summed E-state index contributed by atoms with van der Waals surface area (Å²) in [5.74, 6) is -5.14. The first-order valence-electron chi connectivity index (χ1n) is 12.5. The predicted octanol–water partition coefficient (Wildman–Crippen LogP) is -2.46. The average molecular weight is 596 g/mol. The summed E-state index contributed by atoms with van der Waals surface area (Å²) < 4.78 is 26.8. The number of aliphatic hydroxyl groups excluding tert-OH is 6. The number of rotatable bonds is 6. The van der Waals surface area contributed by atoms with Gasteiger partial charge in [-0.05, 0) is 18.2 Å². The van der Waals surface area contributed by atoms with Gasteiger partial charge in [-0.3, -0.25) is 4.79 Å². The van der Waals surface area contributed by atoms with E-state index in [0.29, 0.717) is 0 Å². The molecule has 10 N–H and O–H groups in total. The third-order valence-corrected chi connectivity index (χ3v) is 6.93. The minimum Gasteiger partial charge on any atom is -0.507 e. The van der Waals surface area contributed by atoms with Crippen molar-refractivity contribution in [1.29, 1.82) is 0 Å². The van der Waals surface area contributed by atoms with Crippen molar-refractivity contribution in [3.8, 4) is 34.3 Å². The second-order valence-corrected chi connectivity index (χ2v) is 9.89. The minimum atomic E-state index is -3.07. The topological polar surface area (TPSA) is 269 Å². The molecule has 9 unspecified atom stereocenters. The molecule has 2 aliphatic rings. The van der Waals surface area contributed by atoms with E-state index in [0.717, 1.165) is 30.3 Å². The van der Waals surface area contributed by atoms with Crippen LogP contribution in [0.25, 0.3) is 22.3 Å². The van der Waals surface area contributed by atoms with Crippen molar-refractivity contribution in [1.82, 2.24) is 0 Å². The molecule has 16 heteroatoms. The summed E-state index contributed by atoms with van der Waals surface area (Å²) in [6.45, 7) is -1.07. The Morgan fingerprint density at radius 3 is 2.31 bits per heavy atom. The molecule has 2 fully saturated rings. The molecule has 0 aliphatic carbocycles. The van der Waals surface area contributed by atoms with Gasteiger partial charge in [0.15, 0.2) is 29.3 Å². The normalized spacial score (nSPS) is 33.5. The lowest BCUT2D eigenvalue weighted by Gasteiger charge is -2.45. The summed E-state index contributed by atoms with van der Waals surface area (Å²) in [6.07, 6.45) is -14.0. The summed E-state index contributed by atoms with van der Waals surface area (Å²) in [7, 11) is 0. The summed E-state index contributed by atoms with van der Waals surface area (Å²) in [5.41, 5.74) is -0.775. The summed E-state index contributed by atoms with van der Waals surface area (Å²) >= 11 is 0. The third kappa shape index (κ3) is 5.48. The molecule has 0 amide bonds. The molecule has 1 aromatic heterocycles. The van der Waals surface area contributed by atoms with Crippen LogP contribution in [0.3, 0.4) is 0 Å². The van der Waals surface area contributed by atoms with Crippen LogP contribution in [0.4, 0.5) is 0 Å². The van der Waals surface area contributed by atoms with Crippen LogP contribution in [0, 0.1) is 0 Å². The molecule has 0 saturated carbocycles. The number of fused-ring (bicyclic) bond motifs is 1. The number of phenols is 3. The van der Waals surface area contributed by atoms with Crippen LogP contribution >= 0.6 is 0 Å². The zero-order valence-electron chi connectivity index (χ0n) is 21.4. The molecule has 3 heterocycles. The standard InChI is InChI=1S/C26H28O16/c27-11-2-1-9(3-12(11)28)16-6-14(30)19-13(29)4-10(5-17(19)40-16)41-26(37)24(36)22(34)21(33)18(42-26)8-39-25-23(35)20(32)15(31)7-38-25/h1-6,15,18,20-25,27-29,31-37H,7-8H2. The first-order chi connectivity index (χ1) is 19.8. The molecule has 2 saturated heterocycles. The largest absolute Gasteiger partial charge is 0.507 e. The van der Waals surface area contributed by atoms with Gasteiger partial charge in [0.05, 0.1) is 13.2 Å². The first kappa shape index (κ1) is 29.9. The molecule has 0 spiro atoms. The molecule has 2 aromatic carbocycles. The smallest absolute Gasteiger partial charge is 0.355 e. The number of aliphatic hydroxyl groups is 7. The average Bonchev–Trinajstić information content (AvgIpc) is 2.94. The van der Waals surface area contributed by atoms with Gasteiger partial charge in [-0.15, -0.1) is 0 Å². The van der Waals surface area contributed by atoms with Crippen LogP contribution in [0.5, 0.6) is 23.0 Å². The number of benzene rings is 2. The first-order valence-corrected chi connectivity index (χ1v) is 12.5. The molecular formula is C26H28O16. The quantitative estimate of drug-likeness (QED) is 0.104. The SMILES string of the molecule is O=c1cc(-c2ccc(O)c(O)c2)oc2cc(OC3(O)OC(COC4OCC(O)C(O)C4O)C(O)C(O)C3O)cc(O)c12. The van der Waals surface area contributed by atoms with E-state index in [2.05, 4.69) is 0 Å². The second-order valence-electron chi connectivity index (χ2n) is 9.89. The number of hydrogen-bond donors (Lipinski definition) is 10. The fourth-order valence-corrected chi connectivity index (χ4v) is 4.60. The van der Waals surface area contributed by atoms with E-state index in [1.54, 1.807) is 0 Å². The highest BCUT2D eigenvalue weighted by Crippen LogP contribution is 2.37. The van der Waals surface area contributed by atoms with Gasteiger partial charge in [-0.1, -0.05) is 0 Å². The monoisotopic (exact) mass is 596 g/mol. The highest BCUT2D eigenvalue weighted by Gasteiger charge is 2.55. The lowest BCUT2D eigenvalue weighted by molar-refractivity contribution is -0.425. The van der Waals surface area contributed by atoms with Crippen molar-refractivity contribution in [2.45, 2.75) is 55.0 Å². The van der Waals surface area contributed by atoms with Gasteiger partial charge in [-0.25, -0.2) is 0 Å². The Labute approximate surface area is 235 Å². The molecule has 3 aromatic rings. The van der Waals surface area contributed by atoms with Crippen LogP contribution in [0.1, 0.15) is 0 Å². The molecule has 228 valence electrons. The molecular weight excluding hydrogens is 568 g/mol. The lowest BCUT2D eigenvalue weighted by Crippen LogP contribution is -2.67. The van der Waals surface area contributed by atoms with E-state index in [4.69, 9.17) is 23.4 Å². The van der Waals surface area contributed by atoms with Gasteiger partial charge in [0, 0.05) is 23.8 Å². The highest BCUT2D eigenvalue weighted by molar-refractivity contribution is 5.86. The Balaban J connectivity index is 1.40. The summed E-state index contributed by atoms with van der Waals surface area (Å²) in [6, 6.07) is 6.62. The molecule has 0 radical (unpaired) electrons. The molecule has 16 nitrogen and oxygen atoms in total. The van der Waals surface area contributed by atoms with Crippen molar-refractivity contribution in [3.05, 3.63) is 46.6 Å². The zero-order chi connectivity index (χ0) is 30.5. The molecule has 9 atom stereocenters. The Bertz CT molecular complexity index is 1510. The third-order valence-electron chi connectivity index (χ3n) is 6.93. The van der Waals surface area contributed by atoms with Crippen LogP contribution in [0.2, 0.25) is 0 Å². The fourth-order valence-electron chi connectivity index (χ4n) is 4.60. The number of aromatic hydroxyl groups is 3. The van der Waals surface area contributed by atoms with Crippen LogP contribution in [-0.2, 0) is 14.2 Å². The van der Waals surface area contributed by atoms with E-state index in [9.17, 15) is 55.9 Å². The maximum atomic E-state index is 12.7. The van der Waals surface area contributed by atoms with E-state index in [-0.39, 0.29) is 28.9 Å². The Hall–Kier alpha value is -3.55. The van der Waals surface area contributed by atoms with Crippen molar-refractivity contribution in [3.63, 3.8) is 0 Å². The molecule has 42 heavy (non-hydrogen) atoms. The minimum absolute atomic E-state index is 0.0764. The number of phenolic OH excluding ortho intramolecular Hbond substituents is 3. The van der Waals surface area contributed by atoms with Gasteiger partial charge >= 0.3 is 5.97 Å². The van der Waals surface area contributed by atoms with Crippen molar-refractivity contribution in [2.75, 3.05) is 13.2 Å². The van der Waals surface area contributed by atoms with Gasteiger partial charge < -0.3 is 74.4 Å². The maximum absolute atomic E-state index is 12.7. The van der Waals surface area contributed by atoms with E-state index in [1.807, 2.05) is 0 Å². The van der Waals surface area contributed by atoms with Crippen LogP contribution in [-0.4, -0.2) is 119 Å². The fraction of sp³-hybridized carbons (Fsp3) is 0.423. The maximum Gasteiger partial charge on any atom is 0.355 e. The van der Waals surface area contributed by atoms with Crippen molar-refractivity contribution in [2.24, 2.45) is 0 Å². The van der Waals surface area contributed by atoms with Gasteiger partial charge in [0.1, 0.15) is 64.9 Å². The van der Waals surface area contributed by atoms with E-state index in [1.165, 1.54) is 6.07 Å². The molecule has 5 rings (SSSR count). The molecule has 0 bridgehead atoms. The Kier molecular flexibility index (Phi) is 8.03. The lowest BCUT2D eigenvalue weighted by atomic mass is 9.97. The Morgan fingerprint density at radius 1 is 0.857 bits per heavy atom. The van der Waals surface area contributed by atoms with Crippen LogP contribution < -0.4 is 10.2 Å². The van der Waals surface area contributed by atoms with Crippen molar-refractivity contribution < 1.29 is 74.4 Å². The highest BCUT2D eigenvalue weighted by atomic mass is 16.8. The van der Waals surface area contributed by atoms with Gasteiger partial charge in [-0.2, -0.15) is 0 Å². The Morgan fingerprint density at radius 2 is 1.60 bits per heavy atom. The molecule has 2 aliphatic heterocycles. The van der Waals surface area contributed by atoms with E-state index < -0.39 is 90.0 Å². The summed E-state index contributed by atoms with van der Waals surface area (Å²) in [5, 5.41) is 101. The van der Waals surface area contributed by atoms with Gasteiger partial charge in [0.25, 0.3) is 0 Å². The number of hydrogen-bond acceptors (Lipinski definition) is 16. The number of ether oxygens (including phenoxy) is 4. The van der Waals surface area contributed by atoms with Crippen LogP contribution in [0.15, 0.2) is 45.6 Å². The van der Waals surface area contributed by atoms with E-state index >= 15 is 0 Å². The van der Waals surface area contributed by atoms with Gasteiger partial charge in [0.2, 0.25) is 0 Å². The van der Waals surface area contributed by atoms with Crippen molar-refractivity contribution >= 4 is 11.0 Å². The zero-order valence-corrected chi connectivity index (χ0v) is 21.4. The summed E-state index contributed by atoms with van der Waals surface area (Å²) in [4.78, 5) is 12.7. The predicted molar refractivity (Wildman–Crippen MR) is 135 cm³/mol.